The molecule has 0 spiro atoms. The average Bonchev–Trinajstić information content (AvgIpc) is 2.40. The Labute approximate surface area is 112 Å². The number of carbonyl (C=O) groups excluding carboxylic acids is 2. The van der Waals surface area contributed by atoms with E-state index in [9.17, 15) is 9.59 Å². The lowest BCUT2D eigenvalue weighted by Crippen LogP contribution is -2.17. The van der Waals surface area contributed by atoms with E-state index in [-0.39, 0.29) is 11.6 Å². The Morgan fingerprint density at radius 1 is 1.26 bits per heavy atom. The van der Waals surface area contributed by atoms with Crippen LogP contribution >= 0.6 is 0 Å². The van der Waals surface area contributed by atoms with Crippen molar-refractivity contribution in [2.45, 2.75) is 20.3 Å². The van der Waals surface area contributed by atoms with Crippen molar-refractivity contribution in [1.82, 2.24) is 0 Å². The highest BCUT2D eigenvalue weighted by molar-refractivity contribution is 6.25. The van der Waals surface area contributed by atoms with Crippen LogP contribution in [0.4, 0.5) is 0 Å². The number of hydrogen-bond acceptors (Lipinski definition) is 3. The van der Waals surface area contributed by atoms with Gasteiger partial charge in [0.25, 0.3) is 0 Å². The van der Waals surface area contributed by atoms with Crippen molar-refractivity contribution >= 4 is 11.6 Å². The summed E-state index contributed by atoms with van der Waals surface area (Å²) in [4.78, 5) is 24.5. The molecule has 2 rings (SSSR count). The molecule has 19 heavy (non-hydrogen) atoms. The SMILES string of the molecule is COc1cccc2c1C(=O)C=C(CC=C(C)C)C2=O. The van der Waals surface area contributed by atoms with Crippen molar-refractivity contribution in [2.75, 3.05) is 7.11 Å². The lowest BCUT2D eigenvalue weighted by atomic mass is 9.87. The van der Waals surface area contributed by atoms with E-state index in [1.807, 2.05) is 19.9 Å². The third-order valence-corrected chi connectivity index (χ3v) is 3.06. The Morgan fingerprint density at radius 3 is 2.63 bits per heavy atom. The van der Waals surface area contributed by atoms with Crippen LogP contribution in [0.25, 0.3) is 0 Å². The molecule has 0 bridgehead atoms. The van der Waals surface area contributed by atoms with Gasteiger partial charge in [-0.15, -0.1) is 0 Å². The highest BCUT2D eigenvalue weighted by Gasteiger charge is 2.27. The number of benzene rings is 1. The van der Waals surface area contributed by atoms with Crippen LogP contribution in [0.3, 0.4) is 0 Å². The first-order chi connectivity index (χ1) is 9.04. The lowest BCUT2D eigenvalue weighted by molar-refractivity contribution is 0.0980. The van der Waals surface area contributed by atoms with Gasteiger partial charge in [0.05, 0.1) is 12.7 Å². The van der Waals surface area contributed by atoms with Crippen molar-refractivity contribution in [3.8, 4) is 5.75 Å². The Bertz CT molecular complexity index is 602. The number of fused-ring (bicyclic) bond motifs is 1. The van der Waals surface area contributed by atoms with Crippen molar-refractivity contribution < 1.29 is 14.3 Å². The van der Waals surface area contributed by atoms with E-state index in [0.717, 1.165) is 5.57 Å². The van der Waals surface area contributed by atoms with Gasteiger partial charge in [-0.3, -0.25) is 9.59 Å². The van der Waals surface area contributed by atoms with Crippen molar-refractivity contribution in [3.05, 3.63) is 52.6 Å². The topological polar surface area (TPSA) is 43.4 Å². The summed E-state index contributed by atoms with van der Waals surface area (Å²) in [5, 5.41) is 0. The monoisotopic (exact) mass is 256 g/mol. The molecule has 0 aromatic heterocycles. The van der Waals surface area contributed by atoms with Crippen LogP contribution in [0.2, 0.25) is 0 Å². The van der Waals surface area contributed by atoms with Crippen LogP contribution in [0.1, 0.15) is 41.0 Å². The molecule has 1 aliphatic rings. The van der Waals surface area contributed by atoms with E-state index in [4.69, 9.17) is 4.74 Å². The van der Waals surface area contributed by atoms with E-state index in [0.29, 0.717) is 28.9 Å². The molecule has 1 aliphatic carbocycles. The zero-order valence-corrected chi connectivity index (χ0v) is 11.3. The summed E-state index contributed by atoms with van der Waals surface area (Å²) in [6.45, 7) is 3.93. The van der Waals surface area contributed by atoms with E-state index < -0.39 is 0 Å². The number of allylic oxidation sites excluding steroid dienone is 4. The molecule has 98 valence electrons. The predicted molar refractivity (Wildman–Crippen MR) is 73.8 cm³/mol. The van der Waals surface area contributed by atoms with Crippen LogP contribution in [-0.2, 0) is 0 Å². The molecule has 0 fully saturated rings. The molecule has 3 heteroatoms. The highest BCUT2D eigenvalue weighted by Crippen LogP contribution is 2.30. The summed E-state index contributed by atoms with van der Waals surface area (Å²) < 4.78 is 5.15. The molecule has 0 saturated carbocycles. The fourth-order valence-electron chi connectivity index (χ4n) is 2.08. The third kappa shape index (κ3) is 2.50. The average molecular weight is 256 g/mol. The Hall–Kier alpha value is -2.16. The first-order valence-corrected chi connectivity index (χ1v) is 6.14. The minimum absolute atomic E-state index is 0.0917. The number of Topliss-reactive ketones (excluding diaryl/α,β-unsaturated/α-hetero) is 1. The van der Waals surface area contributed by atoms with Crippen LogP contribution in [-0.4, -0.2) is 18.7 Å². The number of ketones is 2. The fourth-order valence-corrected chi connectivity index (χ4v) is 2.08. The molecule has 0 unspecified atom stereocenters. The van der Waals surface area contributed by atoms with Crippen LogP contribution in [0.5, 0.6) is 5.75 Å². The van der Waals surface area contributed by atoms with Crippen LogP contribution in [0.15, 0.2) is 41.5 Å². The second kappa shape index (κ2) is 5.22. The van der Waals surface area contributed by atoms with Crippen molar-refractivity contribution in [3.63, 3.8) is 0 Å². The van der Waals surface area contributed by atoms with E-state index in [1.165, 1.54) is 13.2 Å². The number of carbonyl (C=O) groups is 2. The van der Waals surface area contributed by atoms with Gasteiger partial charge in [0.15, 0.2) is 11.6 Å². The van der Waals surface area contributed by atoms with Crippen LogP contribution < -0.4 is 4.74 Å². The maximum atomic E-state index is 12.3. The number of ether oxygens (including phenoxy) is 1. The molecular weight excluding hydrogens is 240 g/mol. The molecule has 0 N–H and O–H groups in total. The normalized spacial score (nSPS) is 13.7. The number of hydrogen-bond donors (Lipinski definition) is 0. The van der Waals surface area contributed by atoms with E-state index in [2.05, 4.69) is 0 Å². The lowest BCUT2D eigenvalue weighted by Gasteiger charge is -2.16. The molecule has 0 atom stereocenters. The van der Waals surface area contributed by atoms with Gasteiger partial charge in [0.1, 0.15) is 5.75 Å². The molecule has 1 aromatic rings. The number of methoxy groups -OCH3 is 1. The quantitative estimate of drug-likeness (QED) is 0.779. The van der Waals surface area contributed by atoms with Gasteiger partial charge >= 0.3 is 0 Å². The minimum Gasteiger partial charge on any atom is -0.496 e. The first-order valence-electron chi connectivity index (χ1n) is 6.14. The summed E-state index contributed by atoms with van der Waals surface area (Å²) in [5.74, 6) is 0.198. The van der Waals surface area contributed by atoms with Gasteiger partial charge in [-0.25, -0.2) is 0 Å². The van der Waals surface area contributed by atoms with Gasteiger partial charge in [-0.05, 0) is 32.4 Å². The maximum Gasteiger partial charge on any atom is 0.190 e. The van der Waals surface area contributed by atoms with E-state index in [1.54, 1.807) is 18.2 Å². The predicted octanol–water partition coefficient (Wildman–Crippen LogP) is 3.36. The minimum atomic E-state index is -0.163. The molecule has 0 heterocycles. The Morgan fingerprint density at radius 2 is 2.00 bits per heavy atom. The molecule has 1 aromatic carbocycles. The molecular formula is C16H16O3. The zero-order chi connectivity index (χ0) is 14.0. The molecule has 0 amide bonds. The van der Waals surface area contributed by atoms with Crippen molar-refractivity contribution in [2.24, 2.45) is 0 Å². The maximum absolute atomic E-state index is 12.3. The summed E-state index contributed by atoms with van der Waals surface area (Å²) in [6, 6.07) is 5.10. The smallest absolute Gasteiger partial charge is 0.190 e. The molecule has 3 nitrogen and oxygen atoms in total. The second-order valence-electron chi connectivity index (χ2n) is 4.73. The van der Waals surface area contributed by atoms with Gasteiger partial charge in [-0.2, -0.15) is 0 Å². The van der Waals surface area contributed by atoms with Crippen molar-refractivity contribution in [1.29, 1.82) is 0 Å². The third-order valence-electron chi connectivity index (χ3n) is 3.06. The summed E-state index contributed by atoms with van der Waals surface area (Å²) in [7, 11) is 1.50. The molecule has 0 saturated heterocycles. The van der Waals surface area contributed by atoms with Crippen LogP contribution in [0, 0.1) is 0 Å². The number of rotatable bonds is 3. The van der Waals surface area contributed by atoms with Gasteiger partial charge in [0, 0.05) is 11.1 Å². The standard InChI is InChI=1S/C16H16O3/c1-10(2)7-8-11-9-13(17)15-12(16(11)18)5-4-6-14(15)19-3/h4-7,9H,8H2,1-3H3. The molecule has 0 aliphatic heterocycles. The Balaban J connectivity index is 2.46. The highest BCUT2D eigenvalue weighted by atomic mass is 16.5. The largest absolute Gasteiger partial charge is 0.496 e. The first kappa shape index (κ1) is 13.3. The Kier molecular flexibility index (Phi) is 3.65. The fraction of sp³-hybridized carbons (Fsp3) is 0.250. The van der Waals surface area contributed by atoms with Gasteiger partial charge in [0.2, 0.25) is 0 Å². The summed E-state index contributed by atoms with van der Waals surface area (Å²) in [5.41, 5.74) is 2.46. The van der Waals surface area contributed by atoms with E-state index >= 15 is 0 Å². The summed E-state index contributed by atoms with van der Waals surface area (Å²) in [6.07, 6.45) is 3.86. The summed E-state index contributed by atoms with van der Waals surface area (Å²) >= 11 is 0. The van der Waals surface area contributed by atoms with Gasteiger partial charge < -0.3 is 4.74 Å². The zero-order valence-electron chi connectivity index (χ0n) is 11.3. The molecule has 0 radical (unpaired) electrons. The second-order valence-corrected chi connectivity index (χ2v) is 4.73. The van der Waals surface area contributed by atoms with Gasteiger partial charge in [-0.1, -0.05) is 23.8 Å².